The monoisotopic (exact) mass is 317 g/mol. The Kier molecular flexibility index (Phi) is 4.03. The molecule has 1 aliphatic heterocycles. The second kappa shape index (κ2) is 6.14. The molecule has 0 amide bonds. The molecule has 0 radical (unpaired) electrons. The summed E-state index contributed by atoms with van der Waals surface area (Å²) >= 11 is 1.77. The summed E-state index contributed by atoms with van der Waals surface area (Å²) in [6, 6.07) is 2.56. The average molecular weight is 317 g/mol. The van der Waals surface area contributed by atoms with E-state index in [1.807, 2.05) is 0 Å². The lowest BCUT2D eigenvalue weighted by molar-refractivity contribution is 0.0726. The van der Waals surface area contributed by atoms with E-state index in [0.717, 1.165) is 38.6 Å². The van der Waals surface area contributed by atoms with Crippen LogP contribution in [0.1, 0.15) is 35.7 Å². The van der Waals surface area contributed by atoms with E-state index in [1.54, 1.807) is 18.4 Å². The molecule has 2 aromatic heterocycles. The summed E-state index contributed by atoms with van der Waals surface area (Å²) in [5, 5.41) is 9.09. The van der Waals surface area contributed by atoms with Crippen LogP contribution in [0.15, 0.2) is 23.0 Å². The molecule has 1 unspecified atom stereocenters. The third-order valence-electron chi connectivity index (χ3n) is 4.80. The molecule has 1 fully saturated rings. The second-order valence-electron chi connectivity index (χ2n) is 6.50. The summed E-state index contributed by atoms with van der Waals surface area (Å²) in [4.78, 5) is 2.55. The van der Waals surface area contributed by atoms with Gasteiger partial charge >= 0.3 is 0 Å². The van der Waals surface area contributed by atoms with Crippen LogP contribution in [0.2, 0.25) is 0 Å². The molecule has 1 saturated carbocycles. The predicted octanol–water partition coefficient (Wildman–Crippen LogP) is 3.10. The van der Waals surface area contributed by atoms with E-state index in [2.05, 4.69) is 37.7 Å². The molecule has 2 aliphatic rings. The van der Waals surface area contributed by atoms with E-state index in [-0.39, 0.29) is 0 Å². The lowest BCUT2D eigenvalue weighted by atomic mass is 9.99. The van der Waals surface area contributed by atoms with Crippen molar-refractivity contribution in [2.24, 2.45) is 5.92 Å². The Morgan fingerprint density at radius 3 is 3.05 bits per heavy atom. The fraction of sp³-hybridized carbons (Fsp3) is 0.588. The molecular weight excluding hydrogens is 294 g/mol. The largest absolute Gasteiger partial charge is 0.383 e. The molecular formula is C17H23N3OS. The third kappa shape index (κ3) is 2.85. The highest BCUT2D eigenvalue weighted by Crippen LogP contribution is 2.35. The van der Waals surface area contributed by atoms with Crippen LogP contribution in [0.4, 0.5) is 0 Å². The molecule has 0 bridgehead atoms. The van der Waals surface area contributed by atoms with Gasteiger partial charge in [0.2, 0.25) is 0 Å². The van der Waals surface area contributed by atoms with Crippen molar-refractivity contribution in [3.8, 4) is 0 Å². The molecule has 4 nitrogen and oxygen atoms in total. The van der Waals surface area contributed by atoms with Crippen LogP contribution < -0.4 is 0 Å². The predicted molar refractivity (Wildman–Crippen MR) is 88.0 cm³/mol. The van der Waals surface area contributed by atoms with Crippen LogP contribution in [0.3, 0.4) is 0 Å². The summed E-state index contributed by atoms with van der Waals surface area (Å²) in [5.41, 5.74) is 4.22. The topological polar surface area (TPSA) is 30.3 Å². The van der Waals surface area contributed by atoms with E-state index in [0.29, 0.717) is 6.04 Å². The molecule has 118 valence electrons. The van der Waals surface area contributed by atoms with Gasteiger partial charge in [0.1, 0.15) is 0 Å². The maximum Gasteiger partial charge on any atom is 0.0760 e. The number of rotatable bonds is 6. The number of methoxy groups -OCH3 is 1. The van der Waals surface area contributed by atoms with Crippen LogP contribution in [-0.4, -0.2) is 34.9 Å². The van der Waals surface area contributed by atoms with Gasteiger partial charge in [0.05, 0.1) is 24.5 Å². The Morgan fingerprint density at radius 1 is 1.41 bits per heavy atom. The standard InChI is InChI=1S/C17H23N3OS/c1-21-11-16-17-15(8-18-20(17)10-13-2-3-13)4-6-19(16)9-14-5-7-22-12-14/h5,7-8,12-13,16H,2-4,6,9-11H2,1H3. The van der Waals surface area contributed by atoms with Gasteiger partial charge in [-0.25, -0.2) is 0 Å². The van der Waals surface area contributed by atoms with E-state index >= 15 is 0 Å². The molecule has 0 saturated heterocycles. The van der Waals surface area contributed by atoms with Gasteiger partial charge in [0.15, 0.2) is 0 Å². The van der Waals surface area contributed by atoms with Crippen LogP contribution in [0.25, 0.3) is 0 Å². The van der Waals surface area contributed by atoms with Gasteiger partial charge in [-0.3, -0.25) is 9.58 Å². The summed E-state index contributed by atoms with van der Waals surface area (Å²) in [7, 11) is 1.80. The first-order valence-corrected chi connectivity index (χ1v) is 9.08. The normalized spacial score (nSPS) is 22.0. The van der Waals surface area contributed by atoms with Crippen molar-refractivity contribution in [2.75, 3.05) is 20.3 Å². The maximum absolute atomic E-state index is 5.55. The fourth-order valence-electron chi connectivity index (χ4n) is 3.44. The van der Waals surface area contributed by atoms with Crippen molar-refractivity contribution in [2.45, 2.75) is 38.4 Å². The smallest absolute Gasteiger partial charge is 0.0760 e. The molecule has 0 spiro atoms. The molecule has 1 aliphatic carbocycles. The summed E-state index contributed by atoms with van der Waals surface area (Å²) in [6.07, 6.45) is 5.91. The minimum Gasteiger partial charge on any atom is -0.383 e. The SMILES string of the molecule is COCC1c2c(cnn2CC2CC2)CCN1Cc1ccsc1. The first-order chi connectivity index (χ1) is 10.8. The number of fused-ring (bicyclic) bond motifs is 1. The zero-order valence-electron chi connectivity index (χ0n) is 13.1. The molecule has 0 N–H and O–H groups in total. The lowest BCUT2D eigenvalue weighted by Crippen LogP contribution is -2.38. The summed E-state index contributed by atoms with van der Waals surface area (Å²) in [5.74, 6) is 0.847. The van der Waals surface area contributed by atoms with Crippen LogP contribution in [0.5, 0.6) is 0 Å². The Labute approximate surface area is 135 Å². The first-order valence-electron chi connectivity index (χ1n) is 8.14. The Balaban J connectivity index is 1.60. The van der Waals surface area contributed by atoms with Crippen molar-refractivity contribution in [3.05, 3.63) is 39.8 Å². The second-order valence-corrected chi connectivity index (χ2v) is 7.28. The molecule has 0 aromatic carbocycles. The van der Waals surface area contributed by atoms with E-state index in [9.17, 15) is 0 Å². The Morgan fingerprint density at radius 2 is 2.32 bits per heavy atom. The number of thiophene rings is 1. The quantitative estimate of drug-likeness (QED) is 0.820. The van der Waals surface area contributed by atoms with Crippen LogP contribution >= 0.6 is 11.3 Å². The summed E-state index contributed by atoms with van der Waals surface area (Å²) in [6.45, 7) is 3.92. The van der Waals surface area contributed by atoms with E-state index in [1.165, 1.54) is 29.7 Å². The highest BCUT2D eigenvalue weighted by molar-refractivity contribution is 7.07. The van der Waals surface area contributed by atoms with Gasteiger partial charge in [-0.05, 0) is 53.1 Å². The minimum absolute atomic E-state index is 0.329. The fourth-order valence-corrected chi connectivity index (χ4v) is 4.10. The molecule has 4 rings (SSSR count). The third-order valence-corrected chi connectivity index (χ3v) is 5.54. The number of nitrogens with zero attached hydrogens (tertiary/aromatic N) is 3. The van der Waals surface area contributed by atoms with Crippen molar-refractivity contribution >= 4 is 11.3 Å². The Bertz CT molecular complexity index is 618. The molecule has 2 aromatic rings. The van der Waals surface area contributed by atoms with Gasteiger partial charge in [0.25, 0.3) is 0 Å². The molecule has 22 heavy (non-hydrogen) atoms. The maximum atomic E-state index is 5.55. The zero-order valence-corrected chi connectivity index (χ0v) is 13.9. The highest BCUT2D eigenvalue weighted by Gasteiger charge is 2.33. The van der Waals surface area contributed by atoms with Gasteiger partial charge < -0.3 is 4.74 Å². The summed E-state index contributed by atoms with van der Waals surface area (Å²) < 4.78 is 7.81. The van der Waals surface area contributed by atoms with Gasteiger partial charge in [-0.2, -0.15) is 16.4 Å². The van der Waals surface area contributed by atoms with Crippen molar-refractivity contribution in [1.82, 2.24) is 14.7 Å². The molecule has 3 heterocycles. The van der Waals surface area contributed by atoms with E-state index < -0.39 is 0 Å². The molecule has 5 heteroatoms. The minimum atomic E-state index is 0.329. The van der Waals surface area contributed by atoms with E-state index in [4.69, 9.17) is 4.74 Å². The lowest BCUT2D eigenvalue weighted by Gasteiger charge is -2.36. The van der Waals surface area contributed by atoms with Crippen LogP contribution in [-0.2, 0) is 24.2 Å². The highest BCUT2D eigenvalue weighted by atomic mass is 32.1. The number of aromatic nitrogens is 2. The first kappa shape index (κ1) is 14.4. The number of hydrogen-bond donors (Lipinski definition) is 0. The van der Waals surface area contributed by atoms with Gasteiger partial charge in [-0.15, -0.1) is 0 Å². The van der Waals surface area contributed by atoms with Gasteiger partial charge in [0, 0.05) is 26.7 Å². The van der Waals surface area contributed by atoms with Crippen molar-refractivity contribution in [3.63, 3.8) is 0 Å². The van der Waals surface area contributed by atoms with Crippen LogP contribution in [0, 0.1) is 5.92 Å². The average Bonchev–Trinajstić information content (AvgIpc) is 3.02. The molecule has 1 atom stereocenters. The Hall–Kier alpha value is -1.17. The number of ether oxygens (including phenoxy) is 1. The van der Waals surface area contributed by atoms with Crippen molar-refractivity contribution < 1.29 is 4.74 Å². The number of hydrogen-bond acceptors (Lipinski definition) is 4. The van der Waals surface area contributed by atoms with Gasteiger partial charge in [-0.1, -0.05) is 0 Å². The van der Waals surface area contributed by atoms with Crippen molar-refractivity contribution in [1.29, 1.82) is 0 Å². The zero-order chi connectivity index (χ0) is 14.9.